The third-order valence-corrected chi connectivity index (χ3v) is 5.63. The molecule has 4 nitrogen and oxygen atoms in total. The van der Waals surface area contributed by atoms with Gasteiger partial charge in [-0.3, -0.25) is 4.79 Å². The highest BCUT2D eigenvalue weighted by molar-refractivity contribution is 5.95. The van der Waals surface area contributed by atoms with Gasteiger partial charge in [-0.05, 0) is 75.2 Å². The van der Waals surface area contributed by atoms with Crippen molar-refractivity contribution in [1.29, 1.82) is 0 Å². The first kappa shape index (κ1) is 18.5. The summed E-state index contributed by atoms with van der Waals surface area (Å²) in [7, 11) is 4.24. The summed E-state index contributed by atoms with van der Waals surface area (Å²) in [6, 6.07) is 15.4. The van der Waals surface area contributed by atoms with Crippen molar-refractivity contribution in [2.75, 3.05) is 27.2 Å². The van der Waals surface area contributed by atoms with Crippen molar-refractivity contribution in [2.45, 2.75) is 25.8 Å². The highest BCUT2D eigenvalue weighted by atomic mass is 16.3. The number of hydrogen-bond donors (Lipinski definition) is 1. The van der Waals surface area contributed by atoms with Crippen LogP contribution in [-0.2, 0) is 0 Å². The van der Waals surface area contributed by atoms with Gasteiger partial charge in [-0.1, -0.05) is 24.3 Å². The summed E-state index contributed by atoms with van der Waals surface area (Å²) in [4.78, 5) is 17.2. The molecule has 1 aliphatic heterocycles. The molecule has 1 aliphatic rings. The standard InChI is InChI=1S/C22H28N2O2/c1-16(23(2)3)17-11-13-24(14-12-17)22(26)20-6-4-5-19(15-20)18-7-9-21(25)10-8-18/h4-10,15-17,25H,11-14H2,1-3H3/t16-/m1/s1. The molecule has 0 aromatic heterocycles. The second-order valence-electron chi connectivity index (χ2n) is 7.46. The van der Waals surface area contributed by atoms with E-state index in [9.17, 15) is 9.90 Å². The van der Waals surface area contributed by atoms with Crippen molar-refractivity contribution >= 4 is 5.91 Å². The number of amides is 1. The number of hydrogen-bond acceptors (Lipinski definition) is 3. The van der Waals surface area contributed by atoms with Crippen LogP contribution in [0.3, 0.4) is 0 Å². The molecule has 0 spiro atoms. The SMILES string of the molecule is C[C@H](C1CCN(C(=O)c2cccc(-c3ccc(O)cc3)c2)CC1)N(C)C. The van der Waals surface area contributed by atoms with E-state index in [-0.39, 0.29) is 11.7 Å². The number of piperidine rings is 1. The molecule has 1 amide bonds. The van der Waals surface area contributed by atoms with Crippen molar-refractivity contribution < 1.29 is 9.90 Å². The lowest BCUT2D eigenvalue weighted by atomic mass is 9.89. The minimum atomic E-state index is 0.113. The maximum Gasteiger partial charge on any atom is 0.253 e. The predicted octanol–water partition coefficient (Wildman–Crippen LogP) is 3.86. The van der Waals surface area contributed by atoms with Crippen molar-refractivity contribution in [1.82, 2.24) is 9.80 Å². The van der Waals surface area contributed by atoms with Crippen LogP contribution in [-0.4, -0.2) is 54.0 Å². The fourth-order valence-corrected chi connectivity index (χ4v) is 3.67. The Labute approximate surface area is 156 Å². The number of phenols is 1. The Kier molecular flexibility index (Phi) is 5.62. The molecule has 2 aromatic rings. The molecular weight excluding hydrogens is 324 g/mol. The number of likely N-dealkylation sites (tertiary alicyclic amines) is 1. The van der Waals surface area contributed by atoms with Gasteiger partial charge < -0.3 is 14.9 Å². The molecule has 0 radical (unpaired) electrons. The Bertz CT molecular complexity index is 747. The summed E-state index contributed by atoms with van der Waals surface area (Å²) in [5.41, 5.74) is 2.72. The summed E-state index contributed by atoms with van der Waals surface area (Å²) in [5, 5.41) is 9.45. The van der Waals surface area contributed by atoms with Crippen LogP contribution in [0, 0.1) is 5.92 Å². The molecule has 1 atom stereocenters. The van der Waals surface area contributed by atoms with E-state index in [1.165, 1.54) is 0 Å². The fourth-order valence-electron chi connectivity index (χ4n) is 3.67. The molecule has 0 saturated carbocycles. The van der Waals surface area contributed by atoms with Gasteiger partial charge in [0, 0.05) is 24.7 Å². The van der Waals surface area contributed by atoms with Gasteiger partial charge in [0.05, 0.1) is 0 Å². The molecular formula is C22H28N2O2. The minimum Gasteiger partial charge on any atom is -0.508 e. The van der Waals surface area contributed by atoms with Crippen molar-refractivity contribution in [3.05, 3.63) is 54.1 Å². The quantitative estimate of drug-likeness (QED) is 0.909. The van der Waals surface area contributed by atoms with E-state index < -0.39 is 0 Å². The smallest absolute Gasteiger partial charge is 0.253 e. The van der Waals surface area contributed by atoms with Gasteiger partial charge in [-0.25, -0.2) is 0 Å². The molecule has 3 rings (SSSR count). The van der Waals surface area contributed by atoms with Crippen LogP contribution in [0.15, 0.2) is 48.5 Å². The van der Waals surface area contributed by atoms with Crippen LogP contribution in [0.2, 0.25) is 0 Å². The zero-order chi connectivity index (χ0) is 18.7. The lowest BCUT2D eigenvalue weighted by Crippen LogP contribution is -2.43. The summed E-state index contributed by atoms with van der Waals surface area (Å²) in [5.74, 6) is 1.01. The molecule has 1 fully saturated rings. The number of benzene rings is 2. The van der Waals surface area contributed by atoms with Crippen LogP contribution in [0.5, 0.6) is 5.75 Å². The van der Waals surface area contributed by atoms with E-state index in [0.29, 0.717) is 12.0 Å². The molecule has 1 saturated heterocycles. The molecule has 0 bridgehead atoms. The zero-order valence-electron chi connectivity index (χ0n) is 15.9. The summed E-state index contributed by atoms with van der Waals surface area (Å²) in [6.07, 6.45) is 2.12. The molecule has 0 unspecified atom stereocenters. The zero-order valence-corrected chi connectivity index (χ0v) is 15.9. The molecule has 0 aliphatic carbocycles. The second kappa shape index (κ2) is 7.92. The van der Waals surface area contributed by atoms with Crippen LogP contribution < -0.4 is 0 Å². The molecule has 1 N–H and O–H groups in total. The summed E-state index contributed by atoms with van der Waals surface area (Å²) >= 11 is 0. The normalized spacial score (nSPS) is 16.7. The predicted molar refractivity (Wildman–Crippen MR) is 105 cm³/mol. The van der Waals surface area contributed by atoms with E-state index in [4.69, 9.17) is 0 Å². The first-order valence-electron chi connectivity index (χ1n) is 9.31. The minimum absolute atomic E-state index is 0.113. The number of aromatic hydroxyl groups is 1. The monoisotopic (exact) mass is 352 g/mol. The third kappa shape index (κ3) is 4.07. The topological polar surface area (TPSA) is 43.8 Å². The van der Waals surface area contributed by atoms with E-state index in [1.807, 2.05) is 41.3 Å². The highest BCUT2D eigenvalue weighted by Gasteiger charge is 2.27. The fraction of sp³-hybridized carbons (Fsp3) is 0.409. The van der Waals surface area contributed by atoms with E-state index in [0.717, 1.165) is 42.6 Å². The largest absolute Gasteiger partial charge is 0.508 e. The molecule has 26 heavy (non-hydrogen) atoms. The van der Waals surface area contributed by atoms with Gasteiger partial charge in [0.1, 0.15) is 5.75 Å². The Morgan fingerprint density at radius 2 is 1.73 bits per heavy atom. The Morgan fingerprint density at radius 3 is 2.35 bits per heavy atom. The van der Waals surface area contributed by atoms with Gasteiger partial charge in [0.2, 0.25) is 0 Å². The summed E-state index contributed by atoms with van der Waals surface area (Å²) in [6.45, 7) is 3.92. The number of carbonyl (C=O) groups excluding carboxylic acids is 1. The second-order valence-corrected chi connectivity index (χ2v) is 7.46. The molecule has 4 heteroatoms. The highest BCUT2D eigenvalue weighted by Crippen LogP contribution is 2.26. The van der Waals surface area contributed by atoms with Crippen LogP contribution in [0.25, 0.3) is 11.1 Å². The number of phenolic OH excluding ortho intramolecular Hbond substituents is 1. The third-order valence-electron chi connectivity index (χ3n) is 5.63. The van der Waals surface area contributed by atoms with E-state index in [2.05, 4.69) is 25.9 Å². The van der Waals surface area contributed by atoms with Crippen molar-refractivity contribution in [3.8, 4) is 16.9 Å². The number of carbonyl (C=O) groups is 1. The van der Waals surface area contributed by atoms with Crippen molar-refractivity contribution in [2.24, 2.45) is 5.92 Å². The summed E-state index contributed by atoms with van der Waals surface area (Å²) < 4.78 is 0. The van der Waals surface area contributed by atoms with E-state index in [1.54, 1.807) is 12.1 Å². The Hall–Kier alpha value is -2.33. The van der Waals surface area contributed by atoms with Gasteiger partial charge in [0.25, 0.3) is 5.91 Å². The maximum absolute atomic E-state index is 12.9. The van der Waals surface area contributed by atoms with Gasteiger partial charge >= 0.3 is 0 Å². The van der Waals surface area contributed by atoms with Crippen LogP contribution in [0.4, 0.5) is 0 Å². The Morgan fingerprint density at radius 1 is 1.08 bits per heavy atom. The lowest BCUT2D eigenvalue weighted by molar-refractivity contribution is 0.0641. The maximum atomic E-state index is 12.9. The number of rotatable bonds is 4. The lowest BCUT2D eigenvalue weighted by Gasteiger charge is -2.37. The van der Waals surface area contributed by atoms with Crippen LogP contribution >= 0.6 is 0 Å². The average Bonchev–Trinajstić information content (AvgIpc) is 2.67. The van der Waals surface area contributed by atoms with E-state index >= 15 is 0 Å². The molecule has 138 valence electrons. The first-order valence-corrected chi connectivity index (χ1v) is 9.31. The molecule has 2 aromatic carbocycles. The average molecular weight is 352 g/mol. The van der Waals surface area contributed by atoms with Gasteiger partial charge in [-0.2, -0.15) is 0 Å². The van der Waals surface area contributed by atoms with Gasteiger partial charge in [-0.15, -0.1) is 0 Å². The van der Waals surface area contributed by atoms with Crippen LogP contribution in [0.1, 0.15) is 30.1 Å². The van der Waals surface area contributed by atoms with Gasteiger partial charge in [0.15, 0.2) is 0 Å². The van der Waals surface area contributed by atoms with Crippen molar-refractivity contribution in [3.63, 3.8) is 0 Å². The molecule has 1 heterocycles. The first-order chi connectivity index (χ1) is 12.5. The Balaban J connectivity index is 1.69. The number of nitrogens with zero attached hydrogens (tertiary/aromatic N) is 2.